The average molecular weight is 817 g/mol. The van der Waals surface area contributed by atoms with Gasteiger partial charge in [0.25, 0.3) is 52.3 Å². The molecule has 53 heavy (non-hydrogen) atoms. The first kappa shape index (κ1) is 40.0. The van der Waals surface area contributed by atoms with E-state index in [1.807, 2.05) is 0 Å². The molecule has 0 aliphatic carbocycles. The first-order valence-corrected chi connectivity index (χ1v) is 19.3. The second kappa shape index (κ2) is 14.4. The Balaban J connectivity index is 1.58. The van der Waals surface area contributed by atoms with Gasteiger partial charge in [-0.3, -0.25) is 27.8 Å². The molecule has 4 rings (SSSR count). The summed E-state index contributed by atoms with van der Waals surface area (Å²) >= 11 is 0. The number of carboxylic acid groups (broad SMARTS) is 2. The number of carbonyl (C=O) groups excluding carboxylic acids is 2. The quantitative estimate of drug-likeness (QED) is 0.0943. The van der Waals surface area contributed by atoms with Crippen LogP contribution in [0.2, 0.25) is 0 Å². The van der Waals surface area contributed by atoms with Gasteiger partial charge in [0.15, 0.2) is 11.4 Å². The smallest absolute Gasteiger partial charge is 0.357 e. The van der Waals surface area contributed by atoms with Crippen LogP contribution in [0.15, 0.2) is 114 Å². The molecule has 2 aromatic rings. The van der Waals surface area contributed by atoms with Gasteiger partial charge in [-0.1, -0.05) is 36.5 Å². The molecule has 6 N–H and O–H groups in total. The number of carbonyl (C=O) groups is 4. The Morgan fingerprint density at radius 3 is 1.42 bits per heavy atom. The van der Waals surface area contributed by atoms with E-state index in [0.717, 1.165) is 24.3 Å². The Hall–Kier alpha value is -5.74. The fraction of sp³-hybridized carbons (Fsp3) is 0.0370. The lowest BCUT2D eigenvalue weighted by atomic mass is 10.0. The maximum absolute atomic E-state index is 13.1. The molecule has 2 amide bonds. The van der Waals surface area contributed by atoms with Crippen molar-refractivity contribution in [1.82, 2.24) is 0 Å². The summed E-state index contributed by atoms with van der Waals surface area (Å²) in [4.78, 5) is 45.4. The van der Waals surface area contributed by atoms with E-state index in [1.54, 1.807) is 0 Å². The van der Waals surface area contributed by atoms with Crippen LogP contribution in [0.4, 0.5) is 11.4 Å². The maximum Gasteiger partial charge on any atom is 0.357 e. The maximum atomic E-state index is 13.1. The van der Waals surface area contributed by atoms with Crippen molar-refractivity contribution in [2.45, 2.75) is 19.6 Å². The average Bonchev–Trinajstić information content (AvgIpc) is 3.54. The molecule has 0 bridgehead atoms. The zero-order valence-corrected chi connectivity index (χ0v) is 28.9. The van der Waals surface area contributed by atoms with Crippen LogP contribution in [0.3, 0.4) is 0 Å². The van der Waals surface area contributed by atoms with Crippen LogP contribution in [0.25, 0.3) is 0 Å². The number of amides is 2. The lowest BCUT2D eigenvalue weighted by Gasteiger charge is -2.14. The van der Waals surface area contributed by atoms with E-state index in [0.29, 0.717) is 46.4 Å². The van der Waals surface area contributed by atoms with Gasteiger partial charge in [-0.2, -0.15) is 53.9 Å². The van der Waals surface area contributed by atoms with Gasteiger partial charge in [-0.05, 0) is 42.5 Å². The summed E-state index contributed by atoms with van der Waals surface area (Å²) in [5.74, 6) is -7.43. The number of carboxylic acids is 2. The minimum atomic E-state index is -5.10. The molecule has 0 aromatic heterocycles. The molecular formula is C27H20N4O18S4. The van der Waals surface area contributed by atoms with Crippen molar-refractivity contribution in [3.63, 3.8) is 0 Å². The SMILES string of the molecule is O=C(O)C1=NN(c2cc(S(=O)(=O)O)cc(S(=O)(=O)O)c2)C(=O)\C1=C/C=C/C=C/C=C/C1C(=O)N(c2cc(S(=O)(=O)O)cc(S(=O)(=O)O)c2)N=C1C(=O)O. The number of aliphatic carboxylic acids is 2. The molecular weight excluding hydrogens is 797 g/mol. The molecule has 2 aliphatic heterocycles. The molecule has 22 nitrogen and oxygen atoms in total. The second-order valence-corrected chi connectivity index (χ2v) is 15.9. The largest absolute Gasteiger partial charge is 0.477 e. The molecule has 280 valence electrons. The summed E-state index contributed by atoms with van der Waals surface area (Å²) in [6.07, 6.45) is 7.86. The van der Waals surface area contributed by atoms with Crippen molar-refractivity contribution in [3.8, 4) is 0 Å². The molecule has 0 spiro atoms. The molecule has 0 fully saturated rings. The third-order valence-corrected chi connectivity index (χ3v) is 10.0. The lowest BCUT2D eigenvalue weighted by Crippen LogP contribution is -2.28. The van der Waals surface area contributed by atoms with Gasteiger partial charge in [0.05, 0.1) is 36.5 Å². The minimum Gasteiger partial charge on any atom is -0.477 e. The third-order valence-electron chi connectivity index (χ3n) is 6.70. The van der Waals surface area contributed by atoms with Crippen molar-refractivity contribution in [1.29, 1.82) is 0 Å². The van der Waals surface area contributed by atoms with Crippen molar-refractivity contribution in [2.75, 3.05) is 10.0 Å². The van der Waals surface area contributed by atoms with Crippen LogP contribution in [-0.2, 0) is 59.7 Å². The van der Waals surface area contributed by atoms with Gasteiger partial charge in [0.2, 0.25) is 0 Å². The van der Waals surface area contributed by atoms with E-state index in [9.17, 15) is 81.3 Å². The summed E-state index contributed by atoms with van der Waals surface area (Å²) in [7, 11) is -20.4. The number of hydrogen-bond donors (Lipinski definition) is 6. The summed E-state index contributed by atoms with van der Waals surface area (Å²) in [6, 6.07) is 3.11. The number of hydrazone groups is 2. The van der Waals surface area contributed by atoms with Crippen LogP contribution in [0.5, 0.6) is 0 Å². The Bertz CT molecular complexity index is 2520. The first-order chi connectivity index (χ1) is 24.3. The summed E-state index contributed by atoms with van der Waals surface area (Å²) in [5.41, 5.74) is -3.60. The highest BCUT2D eigenvalue weighted by molar-refractivity contribution is 7.87. The molecule has 0 radical (unpaired) electrons. The standard InChI is InChI=1S/C27H20N4O18S4/c32-24-20(22(26(34)35)28-30(24)14-8-16(50(38,39)40)12-17(9-14)51(41,42)43)6-4-2-1-3-5-7-21-23(27(36)37)29-31(25(21)33)15-10-18(52(44,45)46)13-19(11-15)53(47,48)49/h1-13,20H,(H,34,35)(H,36,37)(H,38,39,40)(H,41,42,43)(H,44,45,46)(H,47,48,49)/b2-1+,5-3+,6-4+,21-7-. The monoisotopic (exact) mass is 816 g/mol. The zero-order chi connectivity index (χ0) is 39.8. The van der Waals surface area contributed by atoms with Crippen molar-refractivity contribution in [3.05, 3.63) is 84.5 Å². The van der Waals surface area contributed by atoms with Crippen molar-refractivity contribution in [2.24, 2.45) is 16.1 Å². The van der Waals surface area contributed by atoms with Crippen LogP contribution in [-0.4, -0.2) is 97.3 Å². The van der Waals surface area contributed by atoms with Crippen LogP contribution in [0, 0.1) is 5.92 Å². The topological polar surface area (TPSA) is 357 Å². The van der Waals surface area contributed by atoms with E-state index in [-0.39, 0.29) is 0 Å². The number of nitrogens with zero attached hydrogens (tertiary/aromatic N) is 4. The number of allylic oxidation sites excluding steroid dienone is 6. The van der Waals surface area contributed by atoms with Crippen LogP contribution < -0.4 is 10.0 Å². The highest BCUT2D eigenvalue weighted by atomic mass is 32.2. The first-order valence-electron chi connectivity index (χ1n) is 13.5. The van der Waals surface area contributed by atoms with E-state index >= 15 is 0 Å². The number of benzene rings is 2. The molecule has 1 unspecified atom stereocenters. The molecule has 26 heteroatoms. The highest BCUT2D eigenvalue weighted by Crippen LogP contribution is 2.31. The van der Waals surface area contributed by atoms with Gasteiger partial charge < -0.3 is 10.2 Å². The zero-order valence-electron chi connectivity index (χ0n) is 25.6. The van der Waals surface area contributed by atoms with Crippen molar-refractivity contribution < 1.29 is 81.3 Å². The van der Waals surface area contributed by atoms with Crippen LogP contribution in [0.1, 0.15) is 0 Å². The number of rotatable bonds is 12. The van der Waals surface area contributed by atoms with Gasteiger partial charge in [0.1, 0.15) is 5.92 Å². The molecule has 2 aliphatic rings. The van der Waals surface area contributed by atoms with E-state index in [1.165, 1.54) is 18.2 Å². The Labute approximate surface area is 297 Å². The fourth-order valence-corrected chi connectivity index (χ4v) is 6.70. The van der Waals surface area contributed by atoms with Crippen LogP contribution >= 0.6 is 0 Å². The van der Waals surface area contributed by atoms with Gasteiger partial charge in [0, 0.05) is 0 Å². The predicted octanol–water partition coefficient (Wildman–Crippen LogP) is 0.159. The molecule has 2 heterocycles. The van der Waals surface area contributed by atoms with Crippen molar-refractivity contribution >= 4 is 87.0 Å². The minimum absolute atomic E-state index is 0.303. The van der Waals surface area contributed by atoms with E-state index in [2.05, 4.69) is 10.2 Å². The second-order valence-electron chi connectivity index (χ2n) is 10.2. The summed E-state index contributed by atoms with van der Waals surface area (Å²) < 4.78 is 131. The molecule has 0 saturated heterocycles. The Morgan fingerprint density at radius 1 is 0.585 bits per heavy atom. The summed E-state index contributed by atoms with van der Waals surface area (Å²) in [6.45, 7) is 0. The van der Waals surface area contributed by atoms with E-state index in [4.69, 9.17) is 0 Å². The highest BCUT2D eigenvalue weighted by Gasteiger charge is 2.40. The van der Waals surface area contributed by atoms with E-state index < -0.39 is 118 Å². The number of anilines is 2. The number of hydrogen-bond acceptors (Lipinski definition) is 14. The fourth-order valence-electron chi connectivity index (χ4n) is 4.37. The molecule has 0 saturated carbocycles. The molecule has 2 aromatic carbocycles. The Morgan fingerprint density at radius 2 is 1.00 bits per heavy atom. The molecule has 1 atom stereocenters. The summed E-state index contributed by atoms with van der Waals surface area (Å²) in [5, 5.41) is 26.9. The Kier molecular flexibility index (Phi) is 10.8. The normalized spacial score (nSPS) is 18.2. The van der Waals surface area contributed by atoms with Gasteiger partial charge in [-0.25, -0.2) is 9.59 Å². The van der Waals surface area contributed by atoms with Gasteiger partial charge in [-0.15, -0.1) is 0 Å². The third kappa shape index (κ3) is 9.02. The lowest BCUT2D eigenvalue weighted by molar-refractivity contribution is -0.130. The van der Waals surface area contributed by atoms with Gasteiger partial charge >= 0.3 is 11.9 Å². The predicted molar refractivity (Wildman–Crippen MR) is 176 cm³/mol.